The maximum atomic E-state index is 13.6. The lowest BCUT2D eigenvalue weighted by Gasteiger charge is -2.33. The van der Waals surface area contributed by atoms with Gasteiger partial charge in [-0.05, 0) is 63.8 Å². The number of aromatic nitrogens is 1. The molecule has 7 nitrogen and oxygen atoms in total. The number of nitrogens with zero attached hydrogens (tertiary/aromatic N) is 2. The summed E-state index contributed by atoms with van der Waals surface area (Å²) in [4.78, 5) is 28.0. The highest BCUT2D eigenvalue weighted by molar-refractivity contribution is 6.31. The Labute approximate surface area is 216 Å². The van der Waals surface area contributed by atoms with Gasteiger partial charge in [-0.15, -0.1) is 0 Å². The smallest absolute Gasteiger partial charge is 0.326 e. The first kappa shape index (κ1) is 25.9. The summed E-state index contributed by atoms with van der Waals surface area (Å²) in [5.74, 6) is 1.41. The fourth-order valence-electron chi connectivity index (χ4n) is 4.90. The van der Waals surface area contributed by atoms with Crippen LogP contribution in [0.25, 0.3) is 10.9 Å². The molecule has 1 amide bonds. The molecule has 0 atom stereocenters. The first-order chi connectivity index (χ1) is 17.1. The van der Waals surface area contributed by atoms with Gasteiger partial charge in [0.1, 0.15) is 23.6 Å². The number of hydrogen-bond acceptors (Lipinski definition) is 5. The molecule has 2 heterocycles. The molecule has 1 saturated heterocycles. The van der Waals surface area contributed by atoms with Crippen molar-refractivity contribution in [2.24, 2.45) is 0 Å². The molecule has 1 fully saturated rings. The fraction of sp³-hybridized carbons (Fsp3) is 0.429. The standard InChI is InChI=1S/C28H33ClN2O5/c1-28(2,3)36-25(32)17-31-16-21(20-10-9-19(29)15-22(20)31)27(33)30-13-11-18(12-14-30)26-23(34-4)7-6-8-24(26)35-5/h6-10,15-16,18H,11-14,17H2,1-5H3. The van der Waals surface area contributed by atoms with Crippen molar-refractivity contribution in [3.05, 3.63) is 58.7 Å². The van der Waals surface area contributed by atoms with E-state index in [0.717, 1.165) is 40.8 Å². The number of halogens is 1. The molecule has 8 heteroatoms. The number of carbonyl (C=O) groups is 2. The SMILES string of the molecule is COc1cccc(OC)c1C1CCN(C(=O)c2cn(CC(=O)OC(C)(C)C)c3cc(Cl)ccc23)CC1. The van der Waals surface area contributed by atoms with Crippen LogP contribution in [0.5, 0.6) is 11.5 Å². The van der Waals surface area contributed by atoms with Gasteiger partial charge in [0.2, 0.25) is 0 Å². The molecule has 0 aliphatic carbocycles. The lowest BCUT2D eigenvalue weighted by molar-refractivity contribution is -0.155. The van der Waals surface area contributed by atoms with E-state index in [2.05, 4.69) is 0 Å². The zero-order valence-corrected chi connectivity index (χ0v) is 22.2. The van der Waals surface area contributed by atoms with Crippen molar-refractivity contribution in [3.63, 3.8) is 0 Å². The number of esters is 1. The third-order valence-electron chi connectivity index (χ3n) is 6.45. The van der Waals surface area contributed by atoms with Gasteiger partial charge >= 0.3 is 5.97 Å². The van der Waals surface area contributed by atoms with Crippen LogP contribution in [0.3, 0.4) is 0 Å². The molecule has 0 saturated carbocycles. The van der Waals surface area contributed by atoms with E-state index in [-0.39, 0.29) is 24.3 Å². The third-order valence-corrected chi connectivity index (χ3v) is 6.69. The largest absolute Gasteiger partial charge is 0.496 e. The predicted molar refractivity (Wildman–Crippen MR) is 140 cm³/mol. The summed E-state index contributed by atoms with van der Waals surface area (Å²) in [6, 6.07) is 11.2. The molecule has 1 aliphatic rings. The van der Waals surface area contributed by atoms with Crippen molar-refractivity contribution in [2.45, 2.75) is 51.7 Å². The summed E-state index contributed by atoms with van der Waals surface area (Å²) in [6.45, 7) is 6.70. The minimum Gasteiger partial charge on any atom is -0.496 e. The Balaban J connectivity index is 1.56. The molecular weight excluding hydrogens is 480 g/mol. The summed E-state index contributed by atoms with van der Waals surface area (Å²) in [7, 11) is 3.33. The first-order valence-corrected chi connectivity index (χ1v) is 12.5. The Kier molecular flexibility index (Phi) is 7.50. The van der Waals surface area contributed by atoms with Crippen LogP contribution in [0.1, 0.15) is 55.5 Å². The summed E-state index contributed by atoms with van der Waals surface area (Å²) >= 11 is 6.25. The van der Waals surface area contributed by atoms with E-state index in [1.165, 1.54) is 0 Å². The monoisotopic (exact) mass is 512 g/mol. The fourth-order valence-corrected chi connectivity index (χ4v) is 5.07. The Morgan fingerprint density at radius 2 is 1.67 bits per heavy atom. The average molecular weight is 513 g/mol. The third kappa shape index (κ3) is 5.46. The number of piperidine rings is 1. The molecule has 0 bridgehead atoms. The predicted octanol–water partition coefficient (Wildman–Crippen LogP) is 5.67. The number of amides is 1. The highest BCUT2D eigenvalue weighted by Crippen LogP contribution is 2.40. The quantitative estimate of drug-likeness (QED) is 0.398. The Morgan fingerprint density at radius 1 is 1.03 bits per heavy atom. The van der Waals surface area contributed by atoms with Crippen molar-refractivity contribution >= 4 is 34.4 Å². The van der Waals surface area contributed by atoms with E-state index in [0.29, 0.717) is 23.7 Å². The molecule has 1 aromatic heterocycles. The molecule has 4 rings (SSSR count). The number of ether oxygens (including phenoxy) is 3. The van der Waals surface area contributed by atoms with Crippen LogP contribution >= 0.6 is 11.6 Å². The number of hydrogen-bond donors (Lipinski definition) is 0. The summed E-state index contributed by atoms with van der Waals surface area (Å²) in [5.41, 5.74) is 1.74. The summed E-state index contributed by atoms with van der Waals surface area (Å²) in [5, 5.41) is 1.30. The van der Waals surface area contributed by atoms with E-state index in [1.807, 2.05) is 49.9 Å². The van der Waals surface area contributed by atoms with E-state index in [1.54, 1.807) is 37.1 Å². The van der Waals surface area contributed by atoms with E-state index < -0.39 is 5.60 Å². The number of methoxy groups -OCH3 is 2. The number of benzene rings is 2. The van der Waals surface area contributed by atoms with Crippen LogP contribution in [-0.4, -0.2) is 54.3 Å². The zero-order valence-electron chi connectivity index (χ0n) is 21.5. The summed E-state index contributed by atoms with van der Waals surface area (Å²) < 4.78 is 18.4. The second kappa shape index (κ2) is 10.4. The van der Waals surface area contributed by atoms with Crippen molar-refractivity contribution < 1.29 is 23.8 Å². The molecule has 0 radical (unpaired) electrons. The van der Waals surface area contributed by atoms with Crippen LogP contribution in [0.15, 0.2) is 42.6 Å². The lowest BCUT2D eigenvalue weighted by Crippen LogP contribution is -2.38. The zero-order chi connectivity index (χ0) is 26.0. The van der Waals surface area contributed by atoms with Crippen LogP contribution in [0.2, 0.25) is 5.02 Å². The van der Waals surface area contributed by atoms with E-state index in [9.17, 15) is 9.59 Å². The van der Waals surface area contributed by atoms with E-state index >= 15 is 0 Å². The van der Waals surface area contributed by atoms with Gasteiger partial charge in [0.25, 0.3) is 5.91 Å². The maximum absolute atomic E-state index is 13.6. The molecule has 0 spiro atoms. The van der Waals surface area contributed by atoms with Gasteiger partial charge in [-0.25, -0.2) is 0 Å². The molecule has 1 aliphatic heterocycles. The van der Waals surface area contributed by atoms with Gasteiger partial charge in [-0.1, -0.05) is 23.7 Å². The van der Waals surface area contributed by atoms with Gasteiger partial charge < -0.3 is 23.7 Å². The van der Waals surface area contributed by atoms with Crippen LogP contribution < -0.4 is 9.47 Å². The summed E-state index contributed by atoms with van der Waals surface area (Å²) in [6.07, 6.45) is 3.33. The molecule has 36 heavy (non-hydrogen) atoms. The van der Waals surface area contributed by atoms with Gasteiger partial charge in [0, 0.05) is 35.3 Å². The van der Waals surface area contributed by atoms with Crippen molar-refractivity contribution in [1.29, 1.82) is 0 Å². The molecule has 2 aromatic carbocycles. The van der Waals surface area contributed by atoms with Crippen LogP contribution in [0.4, 0.5) is 0 Å². The van der Waals surface area contributed by atoms with Crippen molar-refractivity contribution in [3.8, 4) is 11.5 Å². The molecular formula is C28H33ClN2O5. The number of carbonyl (C=O) groups excluding carboxylic acids is 2. The van der Waals surface area contributed by atoms with Gasteiger partial charge in [-0.3, -0.25) is 9.59 Å². The number of likely N-dealkylation sites (tertiary alicyclic amines) is 1. The Hall–Kier alpha value is -3.19. The van der Waals surface area contributed by atoms with Gasteiger partial charge in [-0.2, -0.15) is 0 Å². The highest BCUT2D eigenvalue weighted by atomic mass is 35.5. The molecule has 0 unspecified atom stereocenters. The topological polar surface area (TPSA) is 70.0 Å². The average Bonchev–Trinajstić information content (AvgIpc) is 3.19. The van der Waals surface area contributed by atoms with Gasteiger partial charge in [0.05, 0.1) is 25.3 Å². The van der Waals surface area contributed by atoms with Crippen molar-refractivity contribution in [1.82, 2.24) is 9.47 Å². The van der Waals surface area contributed by atoms with Crippen LogP contribution in [0, 0.1) is 0 Å². The molecule has 0 N–H and O–H groups in total. The minimum atomic E-state index is -0.592. The lowest BCUT2D eigenvalue weighted by atomic mass is 9.88. The Bertz CT molecular complexity index is 1250. The maximum Gasteiger partial charge on any atom is 0.326 e. The van der Waals surface area contributed by atoms with E-state index in [4.69, 9.17) is 25.8 Å². The second-order valence-corrected chi connectivity index (χ2v) is 10.5. The van der Waals surface area contributed by atoms with Crippen LogP contribution in [-0.2, 0) is 16.1 Å². The first-order valence-electron chi connectivity index (χ1n) is 12.1. The second-order valence-electron chi connectivity index (χ2n) is 10.1. The molecule has 192 valence electrons. The normalized spacial score (nSPS) is 14.7. The minimum absolute atomic E-state index is 0.00291. The Morgan fingerprint density at radius 3 is 2.25 bits per heavy atom. The number of fused-ring (bicyclic) bond motifs is 1. The van der Waals surface area contributed by atoms with Gasteiger partial charge in [0.15, 0.2) is 0 Å². The molecule has 3 aromatic rings. The van der Waals surface area contributed by atoms with Crippen molar-refractivity contribution in [2.75, 3.05) is 27.3 Å². The highest BCUT2D eigenvalue weighted by Gasteiger charge is 2.30. The number of rotatable bonds is 6.